The van der Waals surface area contributed by atoms with E-state index < -0.39 is 0 Å². The zero-order valence-electron chi connectivity index (χ0n) is 18.0. The summed E-state index contributed by atoms with van der Waals surface area (Å²) in [6.45, 7) is 4.28. The number of rotatable bonds is 9. The van der Waals surface area contributed by atoms with Gasteiger partial charge < -0.3 is 16.0 Å². The molecule has 31 heavy (non-hydrogen) atoms. The van der Waals surface area contributed by atoms with Crippen molar-refractivity contribution in [2.24, 2.45) is 4.99 Å². The number of halogens is 1. The Bertz CT molecular complexity index is 1000. The second-order valence-corrected chi connectivity index (χ2v) is 6.87. The number of carbonyl (C=O) groups is 1. The maximum Gasteiger partial charge on any atom is 0.251 e. The van der Waals surface area contributed by atoms with Crippen molar-refractivity contribution in [3.05, 3.63) is 65.6 Å². The van der Waals surface area contributed by atoms with E-state index in [9.17, 15) is 4.79 Å². The molecule has 0 aliphatic carbocycles. The van der Waals surface area contributed by atoms with Crippen molar-refractivity contribution in [3.63, 3.8) is 0 Å². The fourth-order valence-corrected chi connectivity index (χ4v) is 3.17. The van der Waals surface area contributed by atoms with Crippen LogP contribution >= 0.6 is 24.0 Å². The van der Waals surface area contributed by atoms with Crippen LogP contribution < -0.4 is 16.0 Å². The highest BCUT2D eigenvalue weighted by molar-refractivity contribution is 14.0. The summed E-state index contributed by atoms with van der Waals surface area (Å²) in [6.07, 6.45) is 4.50. The summed E-state index contributed by atoms with van der Waals surface area (Å²) < 4.78 is 2.01. The van der Waals surface area contributed by atoms with Gasteiger partial charge >= 0.3 is 0 Å². The highest BCUT2D eigenvalue weighted by atomic mass is 127. The molecule has 0 saturated heterocycles. The van der Waals surface area contributed by atoms with Crippen molar-refractivity contribution in [1.82, 2.24) is 30.5 Å². The van der Waals surface area contributed by atoms with E-state index in [0.29, 0.717) is 12.1 Å². The number of fused-ring (bicyclic) bond motifs is 1. The first-order valence-corrected chi connectivity index (χ1v) is 10.3. The minimum Gasteiger partial charge on any atom is -0.357 e. The van der Waals surface area contributed by atoms with Crippen molar-refractivity contribution in [2.45, 2.75) is 26.2 Å². The molecule has 0 fully saturated rings. The third-order valence-electron chi connectivity index (χ3n) is 4.68. The van der Waals surface area contributed by atoms with Gasteiger partial charge in [-0.2, -0.15) is 0 Å². The number of nitrogens with one attached hydrogen (secondary N) is 3. The van der Waals surface area contributed by atoms with Gasteiger partial charge in [-0.15, -0.1) is 34.2 Å². The van der Waals surface area contributed by atoms with Gasteiger partial charge in [-0.05, 0) is 49.6 Å². The van der Waals surface area contributed by atoms with Gasteiger partial charge in [0.1, 0.15) is 5.82 Å². The number of aromatic nitrogens is 3. The number of aliphatic imine (C=N–C) groups is 1. The molecule has 2 aromatic heterocycles. The standard InChI is InChI=1S/C22H29N7O.HI/c1-3-24-22(26-14-12-17-8-6-9-18(16-17)21(30)23-2)25-13-7-11-20-28-27-19-10-4-5-15-29(19)20;/h4-6,8-10,15-16H,3,7,11-14H2,1-2H3,(H,23,30)(H2,24,25,26);1H. The lowest BCUT2D eigenvalue weighted by Crippen LogP contribution is -2.38. The van der Waals surface area contributed by atoms with E-state index in [1.807, 2.05) is 60.0 Å². The van der Waals surface area contributed by atoms with Gasteiger partial charge in [0.2, 0.25) is 0 Å². The molecular formula is C22H30IN7O. The third kappa shape index (κ3) is 7.20. The van der Waals surface area contributed by atoms with Gasteiger partial charge in [0.15, 0.2) is 11.6 Å². The average Bonchev–Trinajstić information content (AvgIpc) is 3.19. The Balaban J connectivity index is 0.00000341. The first-order valence-electron chi connectivity index (χ1n) is 10.3. The van der Waals surface area contributed by atoms with Crippen LogP contribution in [0.4, 0.5) is 0 Å². The number of hydrogen-bond donors (Lipinski definition) is 3. The molecule has 166 valence electrons. The van der Waals surface area contributed by atoms with E-state index in [0.717, 1.165) is 55.3 Å². The highest BCUT2D eigenvalue weighted by Gasteiger charge is 2.05. The predicted molar refractivity (Wildman–Crippen MR) is 134 cm³/mol. The van der Waals surface area contributed by atoms with Crippen molar-refractivity contribution < 1.29 is 4.79 Å². The summed E-state index contributed by atoms with van der Waals surface area (Å²) in [4.78, 5) is 16.4. The zero-order chi connectivity index (χ0) is 21.2. The van der Waals surface area contributed by atoms with Crippen LogP contribution in [0.3, 0.4) is 0 Å². The molecule has 0 saturated carbocycles. The van der Waals surface area contributed by atoms with Crippen LogP contribution in [0.5, 0.6) is 0 Å². The summed E-state index contributed by atoms with van der Waals surface area (Å²) in [6, 6.07) is 13.6. The van der Waals surface area contributed by atoms with E-state index in [-0.39, 0.29) is 29.9 Å². The van der Waals surface area contributed by atoms with Crippen LogP contribution in [0.15, 0.2) is 53.7 Å². The number of carbonyl (C=O) groups excluding carboxylic acids is 1. The van der Waals surface area contributed by atoms with Crippen molar-refractivity contribution in [2.75, 3.05) is 26.7 Å². The minimum atomic E-state index is -0.0693. The number of amides is 1. The molecule has 0 aliphatic heterocycles. The Morgan fingerprint density at radius 1 is 1.10 bits per heavy atom. The minimum absolute atomic E-state index is 0. The lowest BCUT2D eigenvalue weighted by Gasteiger charge is -2.11. The monoisotopic (exact) mass is 535 g/mol. The Hall–Kier alpha value is -2.69. The van der Waals surface area contributed by atoms with Crippen molar-refractivity contribution >= 4 is 41.5 Å². The fourth-order valence-electron chi connectivity index (χ4n) is 3.17. The van der Waals surface area contributed by atoms with Crippen LogP contribution in [0, 0.1) is 0 Å². The fraction of sp³-hybridized carbons (Fsp3) is 0.364. The molecule has 3 aromatic rings. The molecule has 0 unspecified atom stereocenters. The summed E-state index contributed by atoms with van der Waals surface area (Å²) >= 11 is 0. The molecular weight excluding hydrogens is 505 g/mol. The summed E-state index contributed by atoms with van der Waals surface area (Å²) in [5, 5.41) is 17.7. The second kappa shape index (κ2) is 12.9. The van der Waals surface area contributed by atoms with Crippen LogP contribution in [0.2, 0.25) is 0 Å². The van der Waals surface area contributed by atoms with Crippen molar-refractivity contribution in [1.29, 1.82) is 0 Å². The van der Waals surface area contributed by atoms with E-state index in [2.05, 4.69) is 31.1 Å². The molecule has 1 amide bonds. The number of pyridine rings is 1. The Kier molecular flexibility index (Phi) is 10.2. The molecule has 0 spiro atoms. The van der Waals surface area contributed by atoms with Crippen LogP contribution in [-0.2, 0) is 12.8 Å². The number of aryl methyl sites for hydroxylation is 1. The van der Waals surface area contributed by atoms with Gasteiger partial charge in [0.25, 0.3) is 5.91 Å². The summed E-state index contributed by atoms with van der Waals surface area (Å²) in [5.41, 5.74) is 2.65. The van der Waals surface area contributed by atoms with Gasteiger partial charge in [0.05, 0.1) is 0 Å². The van der Waals surface area contributed by atoms with Gasteiger partial charge in [0, 0.05) is 44.9 Å². The van der Waals surface area contributed by atoms with Gasteiger partial charge in [-0.25, -0.2) is 0 Å². The predicted octanol–water partition coefficient (Wildman–Crippen LogP) is 2.44. The Morgan fingerprint density at radius 3 is 2.77 bits per heavy atom. The lowest BCUT2D eigenvalue weighted by molar-refractivity contribution is 0.0963. The number of benzene rings is 1. The number of guanidine groups is 1. The van der Waals surface area contributed by atoms with Gasteiger partial charge in [-0.3, -0.25) is 14.2 Å². The number of nitrogens with zero attached hydrogens (tertiary/aromatic N) is 4. The topological polar surface area (TPSA) is 95.7 Å². The van der Waals surface area contributed by atoms with Crippen molar-refractivity contribution in [3.8, 4) is 0 Å². The second-order valence-electron chi connectivity index (χ2n) is 6.87. The van der Waals surface area contributed by atoms with Crippen LogP contribution in [0.25, 0.3) is 5.65 Å². The molecule has 0 atom stereocenters. The van der Waals surface area contributed by atoms with Gasteiger partial charge in [-0.1, -0.05) is 18.2 Å². The maximum absolute atomic E-state index is 11.8. The zero-order valence-corrected chi connectivity index (χ0v) is 20.3. The van der Waals surface area contributed by atoms with Crippen LogP contribution in [0.1, 0.15) is 35.1 Å². The molecule has 8 nitrogen and oxygen atoms in total. The number of hydrogen-bond acceptors (Lipinski definition) is 4. The smallest absolute Gasteiger partial charge is 0.251 e. The maximum atomic E-state index is 11.8. The molecule has 3 N–H and O–H groups in total. The molecule has 0 aliphatic rings. The van der Waals surface area contributed by atoms with E-state index in [4.69, 9.17) is 0 Å². The largest absolute Gasteiger partial charge is 0.357 e. The quantitative estimate of drug-likeness (QED) is 0.169. The summed E-state index contributed by atoms with van der Waals surface area (Å²) in [5.74, 6) is 1.68. The van der Waals surface area contributed by atoms with Crippen LogP contribution in [-0.4, -0.2) is 53.1 Å². The first-order chi connectivity index (χ1) is 14.7. The molecule has 2 heterocycles. The molecule has 3 rings (SSSR count). The highest BCUT2D eigenvalue weighted by Crippen LogP contribution is 2.06. The Labute approximate surface area is 200 Å². The van der Waals surface area contributed by atoms with E-state index in [1.165, 1.54) is 0 Å². The lowest BCUT2D eigenvalue weighted by atomic mass is 10.1. The Morgan fingerprint density at radius 2 is 1.97 bits per heavy atom. The summed E-state index contributed by atoms with van der Waals surface area (Å²) in [7, 11) is 1.64. The molecule has 9 heteroatoms. The van der Waals surface area contributed by atoms with E-state index in [1.54, 1.807) is 7.05 Å². The first kappa shape index (κ1) is 24.6. The molecule has 0 bridgehead atoms. The molecule has 1 aromatic carbocycles. The SMILES string of the molecule is CCNC(=NCCCc1nnc2ccccn12)NCCc1cccc(C(=O)NC)c1.I. The normalized spacial score (nSPS) is 11.1. The van der Waals surface area contributed by atoms with E-state index >= 15 is 0 Å². The average molecular weight is 535 g/mol. The third-order valence-corrected chi connectivity index (χ3v) is 4.68. The molecule has 0 radical (unpaired) electrons.